The molecule has 0 spiro atoms. The van der Waals surface area contributed by atoms with Crippen LogP contribution in [-0.4, -0.2) is 4.57 Å². The van der Waals surface area contributed by atoms with Gasteiger partial charge >= 0.3 is 0 Å². The number of benzene rings is 7. The summed E-state index contributed by atoms with van der Waals surface area (Å²) in [7, 11) is 0. The van der Waals surface area contributed by atoms with Crippen molar-refractivity contribution in [2.24, 2.45) is 0 Å². The fourth-order valence-electron chi connectivity index (χ4n) is 7.31. The van der Waals surface area contributed by atoms with Gasteiger partial charge in [-0.05, 0) is 53.1 Å². The number of fused-ring (bicyclic) bond motifs is 8. The molecule has 0 radical (unpaired) electrons. The molecule has 0 bridgehead atoms. The Hall–Kier alpha value is -6.32. The van der Waals surface area contributed by atoms with Crippen molar-refractivity contribution in [3.8, 4) is 39.1 Å². The molecule has 0 unspecified atom stereocenters. The normalized spacial score (nSPS) is 11.8. The maximum atomic E-state index is 6.83. The van der Waals surface area contributed by atoms with E-state index in [0.29, 0.717) is 0 Å². The molecule has 220 valence electrons. The van der Waals surface area contributed by atoms with Crippen LogP contribution >= 0.6 is 0 Å². The zero-order valence-corrected chi connectivity index (χ0v) is 25.4. The summed E-state index contributed by atoms with van der Waals surface area (Å²) in [5.74, 6) is 0. The molecule has 10 aromatic rings. The lowest BCUT2D eigenvalue weighted by Crippen LogP contribution is -1.92. The van der Waals surface area contributed by atoms with E-state index in [0.717, 1.165) is 94.0 Å². The molecular weight excluding hydrogens is 574 g/mol. The fourth-order valence-corrected chi connectivity index (χ4v) is 7.31. The van der Waals surface area contributed by atoms with Crippen molar-refractivity contribution in [1.29, 1.82) is 0 Å². The van der Waals surface area contributed by atoms with E-state index < -0.39 is 0 Å². The predicted octanol–water partition coefficient (Wildman–Crippen LogP) is 12.4. The Morgan fingerprint density at radius 2 is 0.809 bits per heavy atom. The summed E-state index contributed by atoms with van der Waals surface area (Å²) in [5, 5.41) is 4.44. The molecule has 47 heavy (non-hydrogen) atoms. The highest BCUT2D eigenvalue weighted by Gasteiger charge is 2.21. The summed E-state index contributed by atoms with van der Waals surface area (Å²) in [5.41, 5.74) is 13.5. The molecular formula is C44H27NO2. The Morgan fingerprint density at radius 3 is 1.49 bits per heavy atom. The van der Waals surface area contributed by atoms with Crippen LogP contribution in [0.4, 0.5) is 0 Å². The predicted molar refractivity (Wildman–Crippen MR) is 194 cm³/mol. The summed E-state index contributed by atoms with van der Waals surface area (Å²) in [6, 6.07) is 57.5. The van der Waals surface area contributed by atoms with E-state index in [1.165, 1.54) is 0 Å². The van der Waals surface area contributed by atoms with Gasteiger partial charge in [0.1, 0.15) is 22.3 Å². The summed E-state index contributed by atoms with van der Waals surface area (Å²) < 4.78 is 15.9. The average molecular weight is 602 g/mol. The van der Waals surface area contributed by atoms with Gasteiger partial charge in [-0.15, -0.1) is 0 Å². The van der Waals surface area contributed by atoms with Crippen LogP contribution in [0.1, 0.15) is 0 Å². The van der Waals surface area contributed by atoms with Crippen LogP contribution in [0.25, 0.3) is 94.0 Å². The van der Waals surface area contributed by atoms with Crippen molar-refractivity contribution < 1.29 is 8.83 Å². The van der Waals surface area contributed by atoms with Gasteiger partial charge in [0.2, 0.25) is 0 Å². The number of para-hydroxylation sites is 5. The van der Waals surface area contributed by atoms with Crippen molar-refractivity contribution in [3.05, 3.63) is 164 Å². The quantitative estimate of drug-likeness (QED) is 0.201. The molecule has 3 aromatic heterocycles. The van der Waals surface area contributed by atoms with Gasteiger partial charge in [-0.3, -0.25) is 0 Å². The van der Waals surface area contributed by atoms with Crippen molar-refractivity contribution in [3.63, 3.8) is 0 Å². The summed E-state index contributed by atoms with van der Waals surface area (Å²) >= 11 is 0. The molecule has 0 aliphatic rings. The maximum absolute atomic E-state index is 6.83. The number of rotatable bonds is 4. The van der Waals surface area contributed by atoms with Crippen molar-refractivity contribution in [2.75, 3.05) is 0 Å². The van der Waals surface area contributed by atoms with Crippen LogP contribution in [0, 0.1) is 0 Å². The lowest BCUT2D eigenvalue weighted by molar-refractivity contribution is 0.671. The molecule has 0 amide bonds. The summed E-state index contributed by atoms with van der Waals surface area (Å²) in [4.78, 5) is 0. The van der Waals surface area contributed by atoms with E-state index in [2.05, 4.69) is 162 Å². The van der Waals surface area contributed by atoms with Crippen molar-refractivity contribution in [2.45, 2.75) is 0 Å². The van der Waals surface area contributed by atoms with Crippen LogP contribution in [0.15, 0.2) is 173 Å². The average Bonchev–Trinajstić information content (AvgIpc) is 3.81. The van der Waals surface area contributed by atoms with Crippen LogP contribution in [0.2, 0.25) is 0 Å². The summed E-state index contributed by atoms with van der Waals surface area (Å²) in [6.45, 7) is 0. The highest BCUT2D eigenvalue weighted by molar-refractivity contribution is 6.18. The van der Waals surface area contributed by atoms with E-state index in [4.69, 9.17) is 8.83 Å². The van der Waals surface area contributed by atoms with E-state index in [1.54, 1.807) is 0 Å². The van der Waals surface area contributed by atoms with Gasteiger partial charge < -0.3 is 13.4 Å². The number of hydrogen-bond acceptors (Lipinski definition) is 2. The second kappa shape index (κ2) is 10.1. The smallest absolute Gasteiger partial charge is 0.161 e. The van der Waals surface area contributed by atoms with Crippen LogP contribution in [-0.2, 0) is 0 Å². The van der Waals surface area contributed by atoms with Gasteiger partial charge in [0.25, 0.3) is 0 Å². The molecule has 0 saturated heterocycles. The lowest BCUT2D eigenvalue weighted by Gasteiger charge is -2.09. The topological polar surface area (TPSA) is 31.2 Å². The van der Waals surface area contributed by atoms with Crippen LogP contribution < -0.4 is 0 Å². The van der Waals surface area contributed by atoms with E-state index in [9.17, 15) is 0 Å². The number of hydrogen-bond donors (Lipinski definition) is 0. The molecule has 0 N–H and O–H groups in total. The largest absolute Gasteiger partial charge is 0.455 e. The standard InChI is InChI=1S/C44H27NO2/c1-3-13-28(14-4-1)32-20-10-23-35-36-24-11-21-33(42(36)46-41(32)35)29-15-9-16-30(27-29)34-22-12-25-38-40-44(47-43(34)38)37-19-7-8-26-39(37)45(40)31-17-5-2-6-18-31/h1-27H. The molecule has 3 heterocycles. The molecule has 0 saturated carbocycles. The Labute approximate surface area is 270 Å². The Morgan fingerprint density at radius 1 is 0.340 bits per heavy atom. The third kappa shape index (κ3) is 3.87. The third-order valence-corrected chi connectivity index (χ3v) is 9.41. The fraction of sp³-hybridized carbons (Fsp3) is 0. The maximum Gasteiger partial charge on any atom is 0.161 e. The third-order valence-electron chi connectivity index (χ3n) is 9.41. The van der Waals surface area contributed by atoms with E-state index in [-0.39, 0.29) is 0 Å². The first-order valence-corrected chi connectivity index (χ1v) is 15.9. The number of nitrogens with zero attached hydrogens (tertiary/aromatic N) is 1. The Balaban J connectivity index is 1.17. The monoisotopic (exact) mass is 601 g/mol. The van der Waals surface area contributed by atoms with Gasteiger partial charge in [0, 0.05) is 43.9 Å². The first-order valence-electron chi connectivity index (χ1n) is 15.9. The first kappa shape index (κ1) is 26.0. The zero-order chi connectivity index (χ0) is 30.9. The second-order valence-electron chi connectivity index (χ2n) is 12.1. The molecule has 3 heteroatoms. The molecule has 10 rings (SSSR count). The van der Waals surface area contributed by atoms with Crippen LogP contribution in [0.5, 0.6) is 0 Å². The zero-order valence-electron chi connectivity index (χ0n) is 25.4. The minimum atomic E-state index is 0.888. The SMILES string of the molecule is c1ccc(-c2cccc3c2oc2c(-c4cccc(-c5cccc6c5oc5c7ccccc7n(-c7ccccc7)c65)c4)cccc23)cc1. The van der Waals surface area contributed by atoms with Gasteiger partial charge in [-0.25, -0.2) is 0 Å². The first-order chi connectivity index (χ1) is 23.3. The summed E-state index contributed by atoms with van der Waals surface area (Å²) in [6.07, 6.45) is 0. The minimum Gasteiger partial charge on any atom is -0.455 e. The molecule has 0 atom stereocenters. The van der Waals surface area contributed by atoms with Crippen LogP contribution in [0.3, 0.4) is 0 Å². The van der Waals surface area contributed by atoms with E-state index >= 15 is 0 Å². The molecule has 0 aliphatic carbocycles. The highest BCUT2D eigenvalue weighted by atomic mass is 16.3. The molecule has 0 fully saturated rings. The van der Waals surface area contributed by atoms with Gasteiger partial charge in [0.15, 0.2) is 5.58 Å². The molecule has 3 nitrogen and oxygen atoms in total. The highest BCUT2D eigenvalue weighted by Crippen LogP contribution is 2.44. The van der Waals surface area contributed by atoms with Crippen molar-refractivity contribution >= 4 is 54.9 Å². The number of aromatic nitrogens is 1. The van der Waals surface area contributed by atoms with Gasteiger partial charge in [0.05, 0.1) is 5.52 Å². The van der Waals surface area contributed by atoms with Gasteiger partial charge in [-0.1, -0.05) is 127 Å². The van der Waals surface area contributed by atoms with E-state index in [1.807, 2.05) is 6.07 Å². The van der Waals surface area contributed by atoms with Crippen molar-refractivity contribution in [1.82, 2.24) is 4.57 Å². The molecule has 0 aliphatic heterocycles. The Bertz CT molecular complexity index is 2780. The Kier molecular flexibility index (Phi) is 5.57. The minimum absolute atomic E-state index is 0.888. The number of furan rings is 2. The second-order valence-corrected chi connectivity index (χ2v) is 12.1. The molecule has 7 aromatic carbocycles. The van der Waals surface area contributed by atoms with Gasteiger partial charge in [-0.2, -0.15) is 0 Å². The lowest BCUT2D eigenvalue weighted by atomic mass is 9.96.